The largest absolute Gasteiger partial charge is 0.486 e. The Kier molecular flexibility index (Phi) is 5.69. The van der Waals surface area contributed by atoms with Crippen LogP contribution in [0.5, 0.6) is 11.5 Å². The molecular formula is C15H21FN4O3S. The lowest BCUT2D eigenvalue weighted by atomic mass is 10.1. The Labute approximate surface area is 142 Å². The van der Waals surface area contributed by atoms with Gasteiger partial charge in [-0.3, -0.25) is 0 Å². The Morgan fingerprint density at radius 3 is 2.88 bits per heavy atom. The van der Waals surface area contributed by atoms with Crippen molar-refractivity contribution in [2.45, 2.75) is 44.6 Å². The van der Waals surface area contributed by atoms with Crippen LogP contribution in [-0.4, -0.2) is 28.2 Å². The number of rotatable bonds is 5. The van der Waals surface area contributed by atoms with Crippen LogP contribution < -0.4 is 14.2 Å². The van der Waals surface area contributed by atoms with Crippen molar-refractivity contribution in [3.05, 3.63) is 34.0 Å². The van der Waals surface area contributed by atoms with E-state index in [1.807, 2.05) is 20.8 Å². The maximum atomic E-state index is 13.9. The average Bonchev–Trinajstić information content (AvgIpc) is 2.51. The Balaban J connectivity index is 2.28. The molecule has 1 aliphatic heterocycles. The summed E-state index contributed by atoms with van der Waals surface area (Å²) in [6.45, 7) is 7.60. The van der Waals surface area contributed by atoms with E-state index in [4.69, 9.17) is 15.0 Å². The molecule has 1 unspecified atom stereocenters. The zero-order chi connectivity index (χ0) is 17.9. The summed E-state index contributed by atoms with van der Waals surface area (Å²) < 4.78 is 40.0. The van der Waals surface area contributed by atoms with Crippen LogP contribution in [0.4, 0.5) is 4.39 Å². The van der Waals surface area contributed by atoms with E-state index in [2.05, 4.69) is 14.7 Å². The second kappa shape index (κ2) is 7.38. The summed E-state index contributed by atoms with van der Waals surface area (Å²) in [4.78, 5) is 2.70. The molecule has 0 radical (unpaired) electrons. The number of hydrogen-bond donors (Lipinski definition) is 1. The number of ether oxygens (including phenoxy) is 2. The van der Waals surface area contributed by atoms with Crippen molar-refractivity contribution in [3.8, 4) is 11.5 Å². The van der Waals surface area contributed by atoms with Gasteiger partial charge in [-0.05, 0) is 39.3 Å². The summed E-state index contributed by atoms with van der Waals surface area (Å²) >= 11 is 0. The van der Waals surface area contributed by atoms with E-state index in [0.29, 0.717) is 11.3 Å². The second-order valence-electron chi connectivity index (χ2n) is 6.51. The van der Waals surface area contributed by atoms with Crippen LogP contribution in [0.2, 0.25) is 0 Å². The zero-order valence-corrected chi connectivity index (χ0v) is 14.9. The molecule has 1 aromatic carbocycles. The van der Waals surface area contributed by atoms with E-state index in [1.165, 1.54) is 12.1 Å². The molecule has 0 saturated carbocycles. The summed E-state index contributed by atoms with van der Waals surface area (Å²) in [7, 11) is -1.32. The molecule has 132 valence electrons. The first-order valence-electron chi connectivity index (χ1n) is 7.54. The SMILES string of the molecule is C[C@@H](NS(=O)C(C)(C)C)c1cc(F)cc2c1O[C@H](CN=[N+]=[N-])CO2. The highest BCUT2D eigenvalue weighted by Gasteiger charge is 2.28. The standard InChI is InChI=1S/C15H21FN4O3S/c1-9(19-24(21)15(2,3)4)12-5-10(16)6-13-14(12)23-11(8-22-13)7-18-20-17/h5-6,9,11,19H,7-8H2,1-4H3/t9-,11-,24?/m1/s1. The van der Waals surface area contributed by atoms with Crippen molar-refractivity contribution in [1.82, 2.24) is 4.72 Å². The molecule has 1 heterocycles. The molecule has 24 heavy (non-hydrogen) atoms. The van der Waals surface area contributed by atoms with Crippen LogP contribution in [0.1, 0.15) is 39.3 Å². The predicted octanol–water partition coefficient (Wildman–Crippen LogP) is 3.39. The Bertz CT molecular complexity index is 686. The first-order valence-corrected chi connectivity index (χ1v) is 8.69. The van der Waals surface area contributed by atoms with Crippen LogP contribution in [0.3, 0.4) is 0 Å². The van der Waals surface area contributed by atoms with Crippen LogP contribution in [0.15, 0.2) is 17.2 Å². The fourth-order valence-corrected chi connectivity index (χ4v) is 2.95. The Morgan fingerprint density at radius 2 is 2.25 bits per heavy atom. The van der Waals surface area contributed by atoms with Crippen LogP contribution in [0, 0.1) is 5.82 Å². The van der Waals surface area contributed by atoms with E-state index in [1.54, 1.807) is 6.92 Å². The lowest BCUT2D eigenvalue weighted by Crippen LogP contribution is -2.36. The molecule has 0 saturated heterocycles. The van der Waals surface area contributed by atoms with Gasteiger partial charge in [-0.25, -0.2) is 13.3 Å². The predicted molar refractivity (Wildman–Crippen MR) is 89.8 cm³/mol. The fraction of sp³-hybridized carbons (Fsp3) is 0.600. The van der Waals surface area contributed by atoms with Crippen molar-refractivity contribution < 1.29 is 18.1 Å². The second-order valence-corrected chi connectivity index (χ2v) is 8.51. The minimum Gasteiger partial charge on any atom is -0.486 e. The van der Waals surface area contributed by atoms with E-state index >= 15 is 0 Å². The lowest BCUT2D eigenvalue weighted by molar-refractivity contribution is 0.0945. The maximum absolute atomic E-state index is 13.9. The third-order valence-electron chi connectivity index (χ3n) is 3.41. The van der Waals surface area contributed by atoms with Gasteiger partial charge in [-0.1, -0.05) is 5.11 Å². The molecule has 3 atom stereocenters. The van der Waals surface area contributed by atoms with Crippen molar-refractivity contribution in [3.63, 3.8) is 0 Å². The van der Waals surface area contributed by atoms with Crippen molar-refractivity contribution >= 4 is 11.0 Å². The van der Waals surface area contributed by atoms with Gasteiger partial charge in [0.1, 0.15) is 18.5 Å². The third kappa shape index (κ3) is 4.37. The molecular weight excluding hydrogens is 335 g/mol. The molecule has 1 aliphatic rings. The highest BCUT2D eigenvalue weighted by atomic mass is 32.2. The van der Waals surface area contributed by atoms with Gasteiger partial charge in [0.15, 0.2) is 11.5 Å². The average molecular weight is 356 g/mol. The minimum atomic E-state index is -1.32. The molecule has 2 rings (SSSR count). The highest BCUT2D eigenvalue weighted by Crippen LogP contribution is 2.39. The number of halogens is 1. The van der Waals surface area contributed by atoms with Crippen LogP contribution >= 0.6 is 0 Å². The Hall–Kier alpha value is -1.83. The summed E-state index contributed by atoms with van der Waals surface area (Å²) in [5.74, 6) is 0.208. The molecule has 0 bridgehead atoms. The van der Waals surface area contributed by atoms with Crippen molar-refractivity contribution in [1.29, 1.82) is 0 Å². The normalized spacial score (nSPS) is 19.3. The molecule has 1 aromatic rings. The molecule has 0 fully saturated rings. The summed E-state index contributed by atoms with van der Waals surface area (Å²) in [6.07, 6.45) is -0.446. The van der Waals surface area contributed by atoms with Gasteiger partial charge >= 0.3 is 0 Å². The summed E-state index contributed by atoms with van der Waals surface area (Å²) in [5, 5.41) is 3.48. The van der Waals surface area contributed by atoms with Gasteiger partial charge in [0.25, 0.3) is 0 Å². The first kappa shape index (κ1) is 18.5. The van der Waals surface area contributed by atoms with Gasteiger partial charge in [0.2, 0.25) is 0 Å². The van der Waals surface area contributed by atoms with Crippen LogP contribution in [0.25, 0.3) is 10.4 Å². The Morgan fingerprint density at radius 1 is 1.54 bits per heavy atom. The van der Waals surface area contributed by atoms with E-state index in [9.17, 15) is 8.60 Å². The highest BCUT2D eigenvalue weighted by molar-refractivity contribution is 7.84. The molecule has 0 aliphatic carbocycles. The van der Waals surface area contributed by atoms with E-state index < -0.39 is 33.7 Å². The molecule has 0 aromatic heterocycles. The summed E-state index contributed by atoms with van der Waals surface area (Å²) in [6, 6.07) is 2.16. The quantitative estimate of drug-likeness (QED) is 0.497. The number of azide groups is 1. The van der Waals surface area contributed by atoms with E-state index in [-0.39, 0.29) is 18.9 Å². The maximum Gasteiger partial charge on any atom is 0.166 e. The zero-order valence-electron chi connectivity index (χ0n) is 14.1. The van der Waals surface area contributed by atoms with Gasteiger partial charge in [0.05, 0.1) is 22.3 Å². The van der Waals surface area contributed by atoms with Gasteiger partial charge in [-0.2, -0.15) is 0 Å². The number of nitrogens with zero attached hydrogens (tertiary/aromatic N) is 3. The molecule has 0 amide bonds. The van der Waals surface area contributed by atoms with E-state index in [0.717, 1.165) is 0 Å². The number of nitrogens with one attached hydrogen (secondary N) is 1. The minimum absolute atomic E-state index is 0.114. The van der Waals surface area contributed by atoms with Crippen LogP contribution in [-0.2, 0) is 11.0 Å². The van der Waals surface area contributed by atoms with Gasteiger partial charge < -0.3 is 9.47 Å². The lowest BCUT2D eigenvalue weighted by Gasteiger charge is -2.30. The topological polar surface area (TPSA) is 96.3 Å². The number of hydrogen-bond acceptors (Lipinski definition) is 4. The first-order chi connectivity index (χ1) is 11.2. The smallest absolute Gasteiger partial charge is 0.166 e. The van der Waals surface area contributed by atoms with Crippen molar-refractivity contribution in [2.24, 2.45) is 5.11 Å². The molecule has 1 N–H and O–H groups in total. The summed E-state index contributed by atoms with van der Waals surface area (Å²) in [5.41, 5.74) is 8.92. The van der Waals surface area contributed by atoms with Gasteiger partial charge in [0, 0.05) is 22.6 Å². The number of benzene rings is 1. The van der Waals surface area contributed by atoms with Gasteiger partial charge in [-0.15, -0.1) is 0 Å². The monoisotopic (exact) mass is 356 g/mol. The van der Waals surface area contributed by atoms with Crippen molar-refractivity contribution in [2.75, 3.05) is 13.2 Å². The molecule has 0 spiro atoms. The number of fused-ring (bicyclic) bond motifs is 1. The third-order valence-corrected chi connectivity index (χ3v) is 5.09. The molecule has 7 nitrogen and oxygen atoms in total. The molecule has 9 heteroatoms. The fourth-order valence-electron chi connectivity index (χ4n) is 2.15.